The van der Waals surface area contributed by atoms with Gasteiger partial charge >= 0.3 is 0 Å². The molecular weight excluding hydrogens is 165 g/mol. The summed E-state index contributed by atoms with van der Waals surface area (Å²) in [5.74, 6) is -0.471. The van der Waals surface area contributed by atoms with Gasteiger partial charge in [0.1, 0.15) is 5.83 Å². The molecule has 0 saturated heterocycles. The molecule has 0 aromatic heterocycles. The Bertz CT molecular complexity index is 308. The van der Waals surface area contributed by atoms with Crippen LogP contribution in [0.15, 0.2) is 53.5 Å². The van der Waals surface area contributed by atoms with Gasteiger partial charge in [-0.1, -0.05) is 25.3 Å². The Morgan fingerprint density at radius 1 is 1.38 bits per heavy atom. The van der Waals surface area contributed by atoms with Crippen LogP contribution in [0.4, 0.5) is 4.39 Å². The van der Waals surface area contributed by atoms with Gasteiger partial charge in [0.05, 0.1) is 5.70 Å². The van der Waals surface area contributed by atoms with Crippen LogP contribution in [0, 0.1) is 0 Å². The van der Waals surface area contributed by atoms with E-state index >= 15 is 0 Å². The first kappa shape index (κ1) is 9.65. The van der Waals surface area contributed by atoms with Gasteiger partial charge in [-0.3, -0.25) is 4.99 Å². The Balaban J connectivity index is 2.62. The fraction of sp³-hybridized carbons (Fsp3) is 0.182. The second kappa shape index (κ2) is 4.55. The fourth-order valence-electron chi connectivity index (χ4n) is 1.00. The average Bonchev–Trinajstić information content (AvgIpc) is 2.15. The third-order valence-electron chi connectivity index (χ3n) is 1.66. The molecule has 0 radical (unpaired) electrons. The molecule has 0 aliphatic carbocycles. The van der Waals surface area contributed by atoms with Crippen molar-refractivity contribution in [1.29, 1.82) is 0 Å². The lowest BCUT2D eigenvalue weighted by molar-refractivity contribution is 0.671. The first-order valence-electron chi connectivity index (χ1n) is 4.14. The van der Waals surface area contributed by atoms with Crippen molar-refractivity contribution in [2.24, 2.45) is 4.99 Å². The number of rotatable bonds is 3. The van der Waals surface area contributed by atoms with Gasteiger partial charge < -0.3 is 0 Å². The van der Waals surface area contributed by atoms with Gasteiger partial charge in [0.15, 0.2) is 0 Å². The maximum Gasteiger partial charge on any atom is 0.116 e. The number of aliphatic imine (C=N–C) groups is 1. The quantitative estimate of drug-likeness (QED) is 0.586. The summed E-state index contributed by atoms with van der Waals surface area (Å²) in [4.78, 5) is 4.14. The third-order valence-corrected chi connectivity index (χ3v) is 1.66. The molecule has 0 fully saturated rings. The summed E-state index contributed by atoms with van der Waals surface area (Å²) in [6, 6.07) is 0. The van der Waals surface area contributed by atoms with Gasteiger partial charge in [0.25, 0.3) is 0 Å². The van der Waals surface area contributed by atoms with Crippen LogP contribution in [0.2, 0.25) is 0 Å². The topological polar surface area (TPSA) is 12.4 Å². The summed E-state index contributed by atoms with van der Waals surface area (Å²) in [5, 5.41) is 0. The molecule has 0 N–H and O–H groups in total. The average molecular weight is 177 g/mol. The molecule has 0 aromatic carbocycles. The highest BCUT2D eigenvalue weighted by Crippen LogP contribution is 2.16. The molecule has 0 bridgehead atoms. The normalized spacial score (nSPS) is 15.9. The molecule has 68 valence electrons. The summed E-state index contributed by atoms with van der Waals surface area (Å²) in [6.45, 7) is 6.89. The molecule has 13 heavy (non-hydrogen) atoms. The van der Waals surface area contributed by atoms with E-state index in [1.54, 1.807) is 6.08 Å². The molecule has 1 aliphatic rings. The largest absolute Gasteiger partial charge is 0.261 e. The van der Waals surface area contributed by atoms with Crippen molar-refractivity contribution in [2.45, 2.75) is 12.8 Å². The minimum absolute atomic E-state index is 0.471. The van der Waals surface area contributed by atoms with Crippen molar-refractivity contribution in [3.63, 3.8) is 0 Å². The van der Waals surface area contributed by atoms with Crippen molar-refractivity contribution in [3.05, 3.63) is 48.5 Å². The van der Waals surface area contributed by atoms with Crippen molar-refractivity contribution in [1.82, 2.24) is 0 Å². The van der Waals surface area contributed by atoms with Crippen LogP contribution < -0.4 is 0 Å². The first-order valence-corrected chi connectivity index (χ1v) is 4.14. The number of hydrogen-bond donors (Lipinski definition) is 0. The van der Waals surface area contributed by atoms with Crippen LogP contribution in [0.25, 0.3) is 0 Å². The second-order valence-corrected chi connectivity index (χ2v) is 2.78. The van der Waals surface area contributed by atoms with Crippen LogP contribution in [0.3, 0.4) is 0 Å². The van der Waals surface area contributed by atoms with Crippen molar-refractivity contribution in [3.8, 4) is 0 Å². The molecule has 0 aromatic rings. The van der Waals surface area contributed by atoms with E-state index in [1.165, 1.54) is 6.08 Å². The van der Waals surface area contributed by atoms with E-state index < -0.39 is 5.83 Å². The zero-order chi connectivity index (χ0) is 9.68. The Morgan fingerprint density at radius 3 is 2.69 bits per heavy atom. The van der Waals surface area contributed by atoms with Gasteiger partial charge in [0, 0.05) is 6.21 Å². The molecular formula is C11H12FN. The monoisotopic (exact) mass is 177 g/mol. The van der Waals surface area contributed by atoms with E-state index in [2.05, 4.69) is 18.2 Å². The Kier molecular flexibility index (Phi) is 3.38. The van der Waals surface area contributed by atoms with Gasteiger partial charge in [-0.15, -0.1) is 0 Å². The van der Waals surface area contributed by atoms with Crippen LogP contribution in [-0.2, 0) is 0 Å². The molecule has 0 amide bonds. The van der Waals surface area contributed by atoms with Crippen LogP contribution >= 0.6 is 0 Å². The summed E-state index contributed by atoms with van der Waals surface area (Å²) in [6.07, 6.45) is 8.65. The molecule has 0 saturated carbocycles. The standard InChI is InChI=1S/C11H12FN/c1-9(6-7-10(2)12)11-5-3-4-8-13-11/h5-8H,1-4H2/b7-6-. The minimum Gasteiger partial charge on any atom is -0.261 e. The number of nitrogens with zero attached hydrogens (tertiary/aromatic N) is 1. The SMILES string of the molecule is C=C(F)/C=C\C(=C)C1=CCCC=N1. The van der Waals surface area contributed by atoms with E-state index in [1.807, 2.05) is 12.3 Å². The maximum atomic E-state index is 12.2. The first-order chi connectivity index (χ1) is 6.20. The third kappa shape index (κ3) is 3.20. The van der Waals surface area contributed by atoms with Crippen molar-refractivity contribution >= 4 is 6.21 Å². The molecule has 0 unspecified atom stereocenters. The van der Waals surface area contributed by atoms with Crippen molar-refractivity contribution < 1.29 is 4.39 Å². The molecule has 1 rings (SSSR count). The predicted octanol–water partition coefficient (Wildman–Crippen LogP) is 3.33. The highest BCUT2D eigenvalue weighted by molar-refractivity contribution is 5.63. The number of allylic oxidation sites excluding steroid dienone is 4. The minimum atomic E-state index is -0.471. The Hall–Kier alpha value is -1.44. The molecule has 1 heterocycles. The number of halogens is 1. The summed E-state index contributed by atoms with van der Waals surface area (Å²) < 4.78 is 12.2. The smallest absolute Gasteiger partial charge is 0.116 e. The highest BCUT2D eigenvalue weighted by atomic mass is 19.1. The maximum absolute atomic E-state index is 12.2. The summed E-state index contributed by atoms with van der Waals surface area (Å²) >= 11 is 0. The lowest BCUT2D eigenvalue weighted by Crippen LogP contribution is -1.89. The number of hydrogen-bond acceptors (Lipinski definition) is 1. The van der Waals surface area contributed by atoms with Crippen LogP contribution in [0.1, 0.15) is 12.8 Å². The Morgan fingerprint density at radius 2 is 2.15 bits per heavy atom. The molecule has 1 aliphatic heterocycles. The predicted molar refractivity (Wildman–Crippen MR) is 54.3 cm³/mol. The molecule has 2 heteroatoms. The summed E-state index contributed by atoms with van der Waals surface area (Å²) in [7, 11) is 0. The fourth-order valence-corrected chi connectivity index (χ4v) is 1.00. The van der Waals surface area contributed by atoms with Gasteiger partial charge in [0.2, 0.25) is 0 Å². The molecule has 0 spiro atoms. The van der Waals surface area contributed by atoms with E-state index in [0.29, 0.717) is 0 Å². The Labute approximate surface area is 77.7 Å². The summed E-state index contributed by atoms with van der Waals surface area (Å²) in [5.41, 5.74) is 1.54. The molecule has 1 nitrogen and oxygen atoms in total. The zero-order valence-electron chi connectivity index (χ0n) is 7.46. The zero-order valence-corrected chi connectivity index (χ0v) is 7.46. The highest BCUT2D eigenvalue weighted by Gasteiger charge is 1.99. The van der Waals surface area contributed by atoms with Gasteiger partial charge in [-0.25, -0.2) is 4.39 Å². The van der Waals surface area contributed by atoms with E-state index in [4.69, 9.17) is 0 Å². The van der Waals surface area contributed by atoms with Gasteiger partial charge in [-0.2, -0.15) is 0 Å². The van der Waals surface area contributed by atoms with E-state index in [0.717, 1.165) is 24.1 Å². The van der Waals surface area contributed by atoms with E-state index in [9.17, 15) is 4.39 Å². The van der Waals surface area contributed by atoms with Gasteiger partial charge in [-0.05, 0) is 24.5 Å². The molecule has 0 atom stereocenters. The lowest BCUT2D eigenvalue weighted by atomic mass is 10.1. The van der Waals surface area contributed by atoms with Crippen LogP contribution in [0.5, 0.6) is 0 Å². The lowest BCUT2D eigenvalue weighted by Gasteiger charge is -2.04. The van der Waals surface area contributed by atoms with E-state index in [-0.39, 0.29) is 0 Å². The van der Waals surface area contributed by atoms with Crippen LogP contribution in [-0.4, -0.2) is 6.21 Å². The second-order valence-electron chi connectivity index (χ2n) is 2.78. The van der Waals surface area contributed by atoms with Crippen molar-refractivity contribution in [2.75, 3.05) is 0 Å².